The zero-order chi connectivity index (χ0) is 27.4. The smallest absolute Gasteiger partial charge is 0.281 e. The third-order valence-electron chi connectivity index (χ3n) is 8.17. The molecule has 0 saturated carbocycles. The fraction of sp³-hybridized carbons (Fsp3) is 0.667. The molecule has 214 valence electrons. The number of hydrogen-bond acceptors (Lipinski definition) is 7. The van der Waals surface area contributed by atoms with E-state index in [1.165, 1.54) is 12.1 Å². The molecule has 4 heterocycles. The average molecular weight is 564 g/mol. The lowest BCUT2D eigenvalue weighted by Crippen LogP contribution is -2.51. The fourth-order valence-electron chi connectivity index (χ4n) is 5.71. The van der Waals surface area contributed by atoms with Crippen LogP contribution in [0.2, 0.25) is 0 Å². The number of hydrogen-bond donors (Lipinski definition) is 0. The van der Waals surface area contributed by atoms with Crippen LogP contribution in [0, 0.1) is 17.7 Å². The van der Waals surface area contributed by atoms with Gasteiger partial charge < -0.3 is 14.2 Å². The first-order chi connectivity index (χ1) is 18.8. The molecule has 1 amide bonds. The minimum absolute atomic E-state index is 0.0439. The van der Waals surface area contributed by atoms with Crippen molar-refractivity contribution in [2.75, 3.05) is 32.7 Å². The minimum atomic E-state index is -3.48. The van der Waals surface area contributed by atoms with E-state index in [1.807, 2.05) is 4.90 Å². The summed E-state index contributed by atoms with van der Waals surface area (Å²) < 4.78 is 53.6. The standard InChI is InChI=1S/C27H38FN5O5S/c1-20-9-14-31(15-10-20)39(35,36)32-16-11-22(12-17-32)27(34)33-13-3-2-4-24(33)26-29-25(38-30-26)19-37-18-21-5-7-23(28)8-6-21/h5-8,20,22,24H,2-4,9-19H2,1H3. The average Bonchev–Trinajstić information content (AvgIpc) is 3.43. The normalized spacial score (nSPS) is 22.8. The van der Waals surface area contributed by atoms with Crippen molar-refractivity contribution in [2.45, 2.75) is 71.1 Å². The highest BCUT2D eigenvalue weighted by Gasteiger charge is 2.39. The number of benzene rings is 1. The molecule has 0 spiro atoms. The van der Waals surface area contributed by atoms with Gasteiger partial charge in [-0.25, -0.2) is 4.39 Å². The Morgan fingerprint density at radius 3 is 2.33 bits per heavy atom. The summed E-state index contributed by atoms with van der Waals surface area (Å²) in [6.07, 6.45) is 5.44. The molecular formula is C27H38FN5O5S. The van der Waals surface area contributed by atoms with Gasteiger partial charge in [-0.15, -0.1) is 0 Å². The second kappa shape index (κ2) is 12.4. The van der Waals surface area contributed by atoms with Gasteiger partial charge in [-0.2, -0.15) is 22.0 Å². The van der Waals surface area contributed by atoms with Gasteiger partial charge in [0.15, 0.2) is 5.82 Å². The van der Waals surface area contributed by atoms with Crippen molar-refractivity contribution < 1.29 is 26.9 Å². The number of aromatic nitrogens is 2. The first-order valence-electron chi connectivity index (χ1n) is 14.0. The Kier molecular flexibility index (Phi) is 8.95. The summed E-state index contributed by atoms with van der Waals surface area (Å²) in [5.41, 5.74) is 0.838. The summed E-state index contributed by atoms with van der Waals surface area (Å²) in [7, 11) is -3.48. The fourth-order valence-corrected chi connectivity index (χ4v) is 7.38. The highest BCUT2D eigenvalue weighted by atomic mass is 32.2. The van der Waals surface area contributed by atoms with Crippen molar-refractivity contribution in [2.24, 2.45) is 11.8 Å². The summed E-state index contributed by atoms with van der Waals surface area (Å²) in [6.45, 7) is 5.06. The second-order valence-corrected chi connectivity index (χ2v) is 12.9. The molecule has 0 radical (unpaired) electrons. The first kappa shape index (κ1) is 28.1. The highest BCUT2D eigenvalue weighted by Crippen LogP contribution is 2.33. The minimum Gasteiger partial charge on any atom is -0.367 e. The highest BCUT2D eigenvalue weighted by molar-refractivity contribution is 7.86. The van der Waals surface area contributed by atoms with E-state index in [0.717, 1.165) is 37.7 Å². The van der Waals surface area contributed by atoms with Crippen LogP contribution in [0.4, 0.5) is 4.39 Å². The van der Waals surface area contributed by atoms with Crippen LogP contribution >= 0.6 is 0 Å². The van der Waals surface area contributed by atoms with E-state index in [9.17, 15) is 17.6 Å². The molecule has 1 atom stereocenters. The van der Waals surface area contributed by atoms with E-state index in [-0.39, 0.29) is 36.9 Å². The van der Waals surface area contributed by atoms with Gasteiger partial charge in [0, 0.05) is 38.6 Å². The topological polar surface area (TPSA) is 109 Å². The molecule has 12 heteroatoms. The van der Waals surface area contributed by atoms with Crippen molar-refractivity contribution in [3.8, 4) is 0 Å². The van der Waals surface area contributed by atoms with Gasteiger partial charge in [-0.1, -0.05) is 24.2 Å². The summed E-state index contributed by atoms with van der Waals surface area (Å²) >= 11 is 0. The van der Waals surface area contributed by atoms with Crippen molar-refractivity contribution >= 4 is 16.1 Å². The molecule has 1 unspecified atom stereocenters. The molecular weight excluding hydrogens is 525 g/mol. The largest absolute Gasteiger partial charge is 0.367 e. The predicted octanol–water partition coefficient (Wildman–Crippen LogP) is 3.67. The van der Waals surface area contributed by atoms with Crippen molar-refractivity contribution in [3.63, 3.8) is 0 Å². The Hall–Kier alpha value is -2.41. The molecule has 39 heavy (non-hydrogen) atoms. The molecule has 0 bridgehead atoms. The van der Waals surface area contributed by atoms with Gasteiger partial charge >= 0.3 is 0 Å². The van der Waals surface area contributed by atoms with E-state index in [2.05, 4.69) is 17.1 Å². The molecule has 3 aliphatic heterocycles. The van der Waals surface area contributed by atoms with E-state index in [4.69, 9.17) is 9.26 Å². The second-order valence-electron chi connectivity index (χ2n) is 11.0. The lowest BCUT2D eigenvalue weighted by molar-refractivity contribution is -0.141. The molecule has 1 aromatic heterocycles. The number of rotatable bonds is 8. The van der Waals surface area contributed by atoms with Gasteiger partial charge in [0.25, 0.3) is 16.1 Å². The van der Waals surface area contributed by atoms with Crippen LogP contribution in [-0.2, 0) is 33.0 Å². The Balaban J connectivity index is 1.15. The number of nitrogens with zero attached hydrogens (tertiary/aromatic N) is 5. The molecule has 1 aromatic carbocycles. The lowest BCUT2D eigenvalue weighted by Gasteiger charge is -2.40. The van der Waals surface area contributed by atoms with E-state index in [1.54, 1.807) is 20.7 Å². The molecule has 0 aliphatic carbocycles. The molecule has 3 saturated heterocycles. The van der Waals surface area contributed by atoms with Crippen LogP contribution in [0.1, 0.15) is 75.2 Å². The summed E-state index contributed by atoms with van der Waals surface area (Å²) in [6, 6.07) is 5.83. The van der Waals surface area contributed by atoms with E-state index in [0.29, 0.717) is 63.2 Å². The van der Waals surface area contributed by atoms with Gasteiger partial charge in [0.05, 0.1) is 12.6 Å². The van der Waals surface area contributed by atoms with Crippen LogP contribution in [0.15, 0.2) is 28.8 Å². The van der Waals surface area contributed by atoms with Crippen LogP contribution in [0.25, 0.3) is 0 Å². The van der Waals surface area contributed by atoms with Gasteiger partial charge in [-0.3, -0.25) is 4.79 Å². The first-order valence-corrected chi connectivity index (χ1v) is 15.4. The third kappa shape index (κ3) is 6.67. The van der Waals surface area contributed by atoms with E-state index < -0.39 is 10.2 Å². The summed E-state index contributed by atoms with van der Waals surface area (Å²) in [5.74, 6) is 0.890. The maximum absolute atomic E-state index is 13.6. The number of piperidine rings is 3. The Labute approximate surface area is 229 Å². The number of likely N-dealkylation sites (tertiary alicyclic amines) is 1. The Morgan fingerprint density at radius 1 is 0.974 bits per heavy atom. The Morgan fingerprint density at radius 2 is 1.64 bits per heavy atom. The summed E-state index contributed by atoms with van der Waals surface area (Å²) in [5, 5.41) is 4.15. The summed E-state index contributed by atoms with van der Waals surface area (Å²) in [4.78, 5) is 20.0. The molecule has 5 rings (SSSR count). The zero-order valence-electron chi connectivity index (χ0n) is 22.5. The van der Waals surface area contributed by atoms with Crippen LogP contribution in [0.5, 0.6) is 0 Å². The molecule has 3 aliphatic rings. The SMILES string of the molecule is CC1CCN(S(=O)(=O)N2CCC(C(=O)N3CCCCC3c3noc(COCc4ccc(F)cc4)n3)CC2)CC1. The van der Waals surface area contributed by atoms with Gasteiger partial charge in [0.1, 0.15) is 12.4 Å². The molecule has 2 aromatic rings. The third-order valence-corrected chi connectivity index (χ3v) is 10.2. The molecule has 3 fully saturated rings. The Bertz CT molecular complexity index is 1210. The number of ether oxygens (including phenoxy) is 1. The van der Waals surface area contributed by atoms with Crippen LogP contribution < -0.4 is 0 Å². The maximum Gasteiger partial charge on any atom is 0.281 e. The van der Waals surface area contributed by atoms with Gasteiger partial charge in [0.2, 0.25) is 5.91 Å². The monoisotopic (exact) mass is 563 g/mol. The number of halogens is 1. The van der Waals surface area contributed by atoms with Crippen LogP contribution in [-0.4, -0.2) is 70.7 Å². The number of carbonyl (C=O) groups is 1. The van der Waals surface area contributed by atoms with Crippen molar-refractivity contribution in [1.29, 1.82) is 0 Å². The quantitative estimate of drug-likeness (QED) is 0.482. The predicted molar refractivity (Wildman–Crippen MR) is 141 cm³/mol. The van der Waals surface area contributed by atoms with Crippen molar-refractivity contribution in [3.05, 3.63) is 47.4 Å². The molecule has 0 N–H and O–H groups in total. The maximum atomic E-state index is 13.6. The zero-order valence-corrected chi connectivity index (χ0v) is 23.3. The molecule has 10 nitrogen and oxygen atoms in total. The number of carbonyl (C=O) groups excluding carboxylic acids is 1. The van der Waals surface area contributed by atoms with Gasteiger partial charge in [-0.05, 0) is 68.6 Å². The van der Waals surface area contributed by atoms with Crippen LogP contribution in [0.3, 0.4) is 0 Å². The van der Waals surface area contributed by atoms with Crippen molar-refractivity contribution in [1.82, 2.24) is 23.7 Å². The number of amides is 1. The lowest BCUT2D eigenvalue weighted by atomic mass is 9.93. The van der Waals surface area contributed by atoms with E-state index >= 15 is 0 Å².